The van der Waals surface area contributed by atoms with Crippen LogP contribution in [0.1, 0.15) is 19.3 Å². The molecular formula is C21H22ClN5O2S2. The predicted molar refractivity (Wildman–Crippen MR) is 129 cm³/mol. The zero-order valence-corrected chi connectivity index (χ0v) is 19.2. The number of thioether (sulfide) groups is 1. The number of benzene rings is 1. The molecule has 3 aromatic rings. The lowest BCUT2D eigenvalue weighted by Gasteiger charge is -2.25. The van der Waals surface area contributed by atoms with Crippen LogP contribution in [0.4, 0.5) is 10.8 Å². The number of anilines is 2. The maximum atomic E-state index is 13.1. The van der Waals surface area contributed by atoms with Crippen LogP contribution in [0.25, 0.3) is 10.3 Å². The summed E-state index contributed by atoms with van der Waals surface area (Å²) in [7, 11) is 0. The number of hydrogen-bond donors (Lipinski definition) is 1. The lowest BCUT2D eigenvalue weighted by Crippen LogP contribution is -2.29. The summed E-state index contributed by atoms with van der Waals surface area (Å²) in [6.07, 6.45) is 5.14. The minimum absolute atomic E-state index is 0.112. The number of allylic oxidation sites excluding steroid dienone is 1. The normalized spacial score (nSPS) is 14.0. The van der Waals surface area contributed by atoms with Gasteiger partial charge in [0.1, 0.15) is 4.70 Å². The van der Waals surface area contributed by atoms with Gasteiger partial charge in [0.2, 0.25) is 5.91 Å². The molecule has 1 fully saturated rings. The van der Waals surface area contributed by atoms with Crippen molar-refractivity contribution in [2.75, 3.05) is 29.1 Å². The van der Waals surface area contributed by atoms with Crippen molar-refractivity contribution in [1.82, 2.24) is 14.5 Å². The number of thiazole rings is 1. The van der Waals surface area contributed by atoms with Gasteiger partial charge in [0.25, 0.3) is 5.56 Å². The van der Waals surface area contributed by atoms with Gasteiger partial charge in [-0.25, -0.2) is 4.98 Å². The first kappa shape index (κ1) is 21.9. The van der Waals surface area contributed by atoms with Crippen LogP contribution in [-0.4, -0.2) is 39.3 Å². The molecule has 0 spiro atoms. The van der Waals surface area contributed by atoms with E-state index in [1.807, 2.05) is 0 Å². The average molecular weight is 476 g/mol. The Bertz CT molecular complexity index is 1150. The van der Waals surface area contributed by atoms with E-state index in [0.29, 0.717) is 32.8 Å². The van der Waals surface area contributed by atoms with Crippen molar-refractivity contribution in [3.63, 3.8) is 0 Å². The molecule has 10 heteroatoms. The van der Waals surface area contributed by atoms with Gasteiger partial charge in [-0.15, -0.1) is 6.58 Å². The summed E-state index contributed by atoms with van der Waals surface area (Å²) >= 11 is 8.48. The van der Waals surface area contributed by atoms with Crippen molar-refractivity contribution in [1.29, 1.82) is 0 Å². The molecule has 3 heterocycles. The molecule has 1 aliphatic rings. The zero-order chi connectivity index (χ0) is 21.8. The molecular weight excluding hydrogens is 454 g/mol. The lowest BCUT2D eigenvalue weighted by atomic mass is 10.1. The Morgan fingerprint density at radius 1 is 1.23 bits per heavy atom. The van der Waals surface area contributed by atoms with E-state index in [9.17, 15) is 9.59 Å². The Balaban J connectivity index is 1.55. The summed E-state index contributed by atoms with van der Waals surface area (Å²) in [5.74, 6) is -0.0833. The highest BCUT2D eigenvalue weighted by Crippen LogP contribution is 2.29. The topological polar surface area (TPSA) is 80.1 Å². The fourth-order valence-electron chi connectivity index (χ4n) is 3.36. The minimum atomic E-state index is -0.195. The highest BCUT2D eigenvalue weighted by atomic mass is 35.5. The van der Waals surface area contributed by atoms with E-state index in [4.69, 9.17) is 11.6 Å². The van der Waals surface area contributed by atoms with Crippen molar-refractivity contribution in [3.8, 4) is 0 Å². The fourth-order valence-corrected chi connectivity index (χ4v) is 5.29. The molecule has 0 radical (unpaired) electrons. The summed E-state index contributed by atoms with van der Waals surface area (Å²) in [5, 5.41) is 4.72. The molecule has 4 rings (SSSR count). The third-order valence-corrected chi connectivity index (χ3v) is 7.19. The second-order valence-electron chi connectivity index (χ2n) is 7.14. The summed E-state index contributed by atoms with van der Waals surface area (Å²) in [4.78, 5) is 36.9. The van der Waals surface area contributed by atoms with Crippen molar-refractivity contribution < 1.29 is 4.79 Å². The second-order valence-corrected chi connectivity index (χ2v) is 9.50. The van der Waals surface area contributed by atoms with Gasteiger partial charge in [0.15, 0.2) is 15.9 Å². The number of nitrogens with zero attached hydrogens (tertiary/aromatic N) is 4. The van der Waals surface area contributed by atoms with E-state index in [2.05, 4.69) is 26.8 Å². The molecule has 1 N–H and O–H groups in total. The predicted octanol–water partition coefficient (Wildman–Crippen LogP) is 4.41. The molecule has 0 aliphatic carbocycles. The van der Waals surface area contributed by atoms with Gasteiger partial charge >= 0.3 is 0 Å². The second kappa shape index (κ2) is 9.84. The Morgan fingerprint density at radius 3 is 2.68 bits per heavy atom. The number of aromatic nitrogens is 3. The highest BCUT2D eigenvalue weighted by Gasteiger charge is 2.20. The molecule has 7 nitrogen and oxygen atoms in total. The molecule has 1 aromatic carbocycles. The van der Waals surface area contributed by atoms with Crippen LogP contribution in [0.3, 0.4) is 0 Å². The van der Waals surface area contributed by atoms with E-state index in [1.165, 1.54) is 29.5 Å². The highest BCUT2D eigenvalue weighted by molar-refractivity contribution is 7.99. The first-order valence-corrected chi connectivity index (χ1v) is 12.2. The van der Waals surface area contributed by atoms with E-state index in [-0.39, 0.29) is 17.2 Å². The van der Waals surface area contributed by atoms with Crippen LogP contribution in [-0.2, 0) is 11.3 Å². The van der Waals surface area contributed by atoms with Crippen LogP contribution >= 0.6 is 34.7 Å². The number of fused-ring (bicyclic) bond motifs is 1. The first-order valence-electron chi connectivity index (χ1n) is 10.0. The number of piperidine rings is 1. The van der Waals surface area contributed by atoms with Gasteiger partial charge in [-0.2, -0.15) is 4.98 Å². The van der Waals surface area contributed by atoms with E-state index in [1.54, 1.807) is 34.9 Å². The average Bonchev–Trinajstić information content (AvgIpc) is 3.21. The monoisotopic (exact) mass is 475 g/mol. The molecule has 0 unspecified atom stereocenters. The molecule has 0 saturated carbocycles. The van der Waals surface area contributed by atoms with E-state index < -0.39 is 0 Å². The van der Waals surface area contributed by atoms with E-state index in [0.717, 1.165) is 31.1 Å². The third kappa shape index (κ3) is 5.11. The third-order valence-electron chi connectivity index (χ3n) is 4.87. The van der Waals surface area contributed by atoms with Crippen molar-refractivity contribution >= 4 is 61.8 Å². The molecule has 1 amide bonds. The summed E-state index contributed by atoms with van der Waals surface area (Å²) < 4.78 is 2.09. The van der Waals surface area contributed by atoms with Gasteiger partial charge in [-0.05, 0) is 43.5 Å². The number of carbonyl (C=O) groups excluding carboxylic acids is 1. The number of carbonyl (C=O) groups is 1. The maximum Gasteiger partial charge on any atom is 0.274 e. The molecule has 162 valence electrons. The molecule has 2 aromatic heterocycles. The lowest BCUT2D eigenvalue weighted by molar-refractivity contribution is -0.113. The van der Waals surface area contributed by atoms with Crippen LogP contribution in [0.15, 0.2) is 46.9 Å². The van der Waals surface area contributed by atoms with Crippen LogP contribution in [0.5, 0.6) is 0 Å². The minimum Gasteiger partial charge on any atom is -0.348 e. The quantitative estimate of drug-likeness (QED) is 0.309. The Morgan fingerprint density at radius 2 is 1.97 bits per heavy atom. The Hall–Kier alpha value is -2.36. The van der Waals surface area contributed by atoms with Crippen molar-refractivity contribution in [2.24, 2.45) is 0 Å². The number of halogens is 1. The number of nitrogens with one attached hydrogen (secondary N) is 1. The van der Waals surface area contributed by atoms with Gasteiger partial charge in [-0.1, -0.05) is 40.8 Å². The standard InChI is InChI=1S/C21H22ClN5O2S2/c1-2-10-27-19(29)17-18(24-20(31-17)26-11-4-3-5-12-26)25-21(27)30-13-16(28)23-15-8-6-14(22)7-9-15/h2,6-9H,1,3-5,10-13H2,(H,23,28). The largest absolute Gasteiger partial charge is 0.348 e. The first-order chi connectivity index (χ1) is 15.0. The number of rotatable bonds is 7. The molecule has 0 atom stereocenters. The maximum absolute atomic E-state index is 13.1. The van der Waals surface area contributed by atoms with E-state index >= 15 is 0 Å². The molecule has 31 heavy (non-hydrogen) atoms. The zero-order valence-electron chi connectivity index (χ0n) is 16.8. The summed E-state index contributed by atoms with van der Waals surface area (Å²) in [6, 6.07) is 6.90. The number of hydrogen-bond acceptors (Lipinski definition) is 7. The molecule has 0 bridgehead atoms. The van der Waals surface area contributed by atoms with Crippen molar-refractivity contribution in [2.45, 2.75) is 31.0 Å². The van der Waals surface area contributed by atoms with Crippen LogP contribution in [0.2, 0.25) is 5.02 Å². The SMILES string of the molecule is C=CCn1c(SCC(=O)Nc2ccc(Cl)cc2)nc2nc(N3CCCCC3)sc2c1=O. The smallest absolute Gasteiger partial charge is 0.274 e. The Labute approximate surface area is 193 Å². The van der Waals surface area contributed by atoms with Crippen LogP contribution < -0.4 is 15.8 Å². The molecule has 1 aliphatic heterocycles. The van der Waals surface area contributed by atoms with Gasteiger partial charge < -0.3 is 10.2 Å². The molecule has 1 saturated heterocycles. The summed E-state index contributed by atoms with van der Waals surface area (Å²) in [5.41, 5.74) is 0.954. The Kier molecular flexibility index (Phi) is 6.94. The fraction of sp³-hybridized carbons (Fsp3) is 0.333. The van der Waals surface area contributed by atoms with Gasteiger partial charge in [0, 0.05) is 30.3 Å². The van der Waals surface area contributed by atoms with Crippen LogP contribution in [0, 0.1) is 0 Å². The van der Waals surface area contributed by atoms with Gasteiger partial charge in [-0.3, -0.25) is 14.2 Å². The van der Waals surface area contributed by atoms with Crippen molar-refractivity contribution in [3.05, 3.63) is 52.3 Å². The number of amides is 1. The summed E-state index contributed by atoms with van der Waals surface area (Å²) in [6.45, 7) is 5.97. The van der Waals surface area contributed by atoms with Gasteiger partial charge in [0.05, 0.1) is 5.75 Å².